The number of fused-ring (bicyclic) bond motifs is 1. The van der Waals surface area contributed by atoms with Crippen molar-refractivity contribution in [3.05, 3.63) is 23.8 Å². The predicted octanol–water partition coefficient (Wildman–Crippen LogP) is 0.268. The Kier molecular flexibility index (Phi) is 5.00. The van der Waals surface area contributed by atoms with Gasteiger partial charge in [0.15, 0.2) is 11.5 Å². The molecule has 0 atom stereocenters. The molecule has 0 aromatic heterocycles. The summed E-state index contributed by atoms with van der Waals surface area (Å²) >= 11 is 0. The summed E-state index contributed by atoms with van der Waals surface area (Å²) in [4.78, 5) is 11.4. The van der Waals surface area contributed by atoms with Gasteiger partial charge in [0.1, 0.15) is 0 Å². The minimum absolute atomic E-state index is 0.0437. The molecule has 0 spiro atoms. The Labute approximate surface area is 112 Å². The van der Waals surface area contributed by atoms with E-state index in [0.29, 0.717) is 19.7 Å². The molecule has 0 unspecified atom stereocenters. The van der Waals surface area contributed by atoms with Gasteiger partial charge in [0.05, 0.1) is 13.2 Å². The van der Waals surface area contributed by atoms with Gasteiger partial charge < -0.3 is 24.8 Å². The topological polar surface area (TPSA) is 68.8 Å². The van der Waals surface area contributed by atoms with Crippen molar-refractivity contribution >= 4 is 5.91 Å². The van der Waals surface area contributed by atoms with Gasteiger partial charge in [0.2, 0.25) is 12.7 Å². The normalized spacial score (nSPS) is 12.5. The molecule has 1 aromatic carbocycles. The lowest BCUT2D eigenvalue weighted by atomic mass is 10.2. The minimum atomic E-state index is -0.0437. The van der Waals surface area contributed by atoms with Crippen LogP contribution in [0.1, 0.15) is 5.56 Å². The van der Waals surface area contributed by atoms with E-state index in [9.17, 15) is 4.79 Å². The summed E-state index contributed by atoms with van der Waals surface area (Å²) in [5.41, 5.74) is 1.05. The van der Waals surface area contributed by atoms with Crippen LogP contribution in [0.4, 0.5) is 0 Å². The van der Waals surface area contributed by atoms with E-state index in [-0.39, 0.29) is 19.2 Å². The van der Waals surface area contributed by atoms with Crippen LogP contribution in [0.15, 0.2) is 18.2 Å². The number of amides is 1. The summed E-state index contributed by atoms with van der Waals surface area (Å²) in [6.45, 7) is 2.20. The summed E-state index contributed by atoms with van der Waals surface area (Å²) in [6.07, 6.45) is 0. The quantitative estimate of drug-likeness (QED) is 0.693. The van der Waals surface area contributed by atoms with Crippen molar-refractivity contribution in [3.63, 3.8) is 0 Å². The van der Waals surface area contributed by atoms with Crippen LogP contribution < -0.4 is 20.1 Å². The van der Waals surface area contributed by atoms with Crippen molar-refractivity contribution in [2.75, 3.05) is 33.6 Å². The van der Waals surface area contributed by atoms with Crippen molar-refractivity contribution in [1.29, 1.82) is 0 Å². The Balaban J connectivity index is 1.69. The summed E-state index contributed by atoms with van der Waals surface area (Å²) in [5.74, 6) is 1.47. The zero-order chi connectivity index (χ0) is 13.5. The van der Waals surface area contributed by atoms with E-state index < -0.39 is 0 Å². The molecule has 19 heavy (non-hydrogen) atoms. The molecule has 1 heterocycles. The third-order valence-corrected chi connectivity index (χ3v) is 2.68. The number of rotatable bonds is 7. The highest BCUT2D eigenvalue weighted by Gasteiger charge is 2.12. The van der Waals surface area contributed by atoms with E-state index in [1.54, 1.807) is 7.11 Å². The Morgan fingerprint density at radius 2 is 2.21 bits per heavy atom. The Morgan fingerprint density at radius 3 is 3.05 bits per heavy atom. The van der Waals surface area contributed by atoms with E-state index in [0.717, 1.165) is 17.1 Å². The largest absolute Gasteiger partial charge is 0.454 e. The van der Waals surface area contributed by atoms with E-state index in [4.69, 9.17) is 14.2 Å². The number of benzene rings is 1. The molecule has 6 heteroatoms. The van der Waals surface area contributed by atoms with Gasteiger partial charge in [0.25, 0.3) is 0 Å². The Morgan fingerprint density at radius 1 is 1.37 bits per heavy atom. The maximum Gasteiger partial charge on any atom is 0.234 e. The predicted molar refractivity (Wildman–Crippen MR) is 69.2 cm³/mol. The fourth-order valence-electron chi connectivity index (χ4n) is 1.73. The average molecular weight is 266 g/mol. The molecule has 0 fully saturated rings. The maximum absolute atomic E-state index is 11.4. The van der Waals surface area contributed by atoms with Crippen LogP contribution in [-0.4, -0.2) is 39.5 Å². The molecular formula is C13H18N2O4. The summed E-state index contributed by atoms with van der Waals surface area (Å²) in [5, 5.41) is 5.81. The third-order valence-electron chi connectivity index (χ3n) is 2.68. The standard InChI is InChI=1S/C13H18N2O4/c1-17-5-4-15-13(16)8-14-7-10-2-3-11-12(6-10)19-9-18-11/h2-3,6,14H,4-5,7-9H2,1H3,(H,15,16). The van der Waals surface area contributed by atoms with Crippen molar-refractivity contribution < 1.29 is 19.0 Å². The molecule has 6 nitrogen and oxygen atoms in total. The monoisotopic (exact) mass is 266 g/mol. The Hall–Kier alpha value is -1.79. The molecule has 0 aliphatic carbocycles. The smallest absolute Gasteiger partial charge is 0.234 e. The van der Waals surface area contributed by atoms with E-state index >= 15 is 0 Å². The molecule has 104 valence electrons. The highest BCUT2D eigenvalue weighted by molar-refractivity contribution is 5.77. The number of ether oxygens (including phenoxy) is 3. The molecule has 0 radical (unpaired) electrons. The summed E-state index contributed by atoms with van der Waals surface area (Å²) in [7, 11) is 1.60. The van der Waals surface area contributed by atoms with Gasteiger partial charge in [-0.2, -0.15) is 0 Å². The van der Waals surface area contributed by atoms with Crippen LogP contribution in [-0.2, 0) is 16.1 Å². The lowest BCUT2D eigenvalue weighted by Crippen LogP contribution is -2.35. The first-order valence-corrected chi connectivity index (χ1v) is 6.14. The second-order valence-electron chi connectivity index (χ2n) is 4.13. The highest BCUT2D eigenvalue weighted by Crippen LogP contribution is 2.32. The molecular weight excluding hydrogens is 248 g/mol. The van der Waals surface area contributed by atoms with Crippen LogP contribution in [0.2, 0.25) is 0 Å². The molecule has 0 saturated heterocycles. The number of methoxy groups -OCH3 is 1. The second-order valence-corrected chi connectivity index (χ2v) is 4.13. The van der Waals surface area contributed by atoms with Crippen LogP contribution in [0.3, 0.4) is 0 Å². The number of carbonyl (C=O) groups excluding carboxylic acids is 1. The number of carbonyl (C=O) groups is 1. The van der Waals surface area contributed by atoms with E-state index in [1.165, 1.54) is 0 Å². The number of hydrogen-bond donors (Lipinski definition) is 2. The van der Waals surface area contributed by atoms with Crippen molar-refractivity contribution in [3.8, 4) is 11.5 Å². The highest BCUT2D eigenvalue weighted by atomic mass is 16.7. The van der Waals surface area contributed by atoms with Gasteiger partial charge >= 0.3 is 0 Å². The lowest BCUT2D eigenvalue weighted by Gasteiger charge is -2.07. The van der Waals surface area contributed by atoms with Crippen LogP contribution in [0.25, 0.3) is 0 Å². The minimum Gasteiger partial charge on any atom is -0.454 e. The van der Waals surface area contributed by atoms with E-state index in [2.05, 4.69) is 10.6 Å². The molecule has 0 bridgehead atoms. The molecule has 2 rings (SSSR count). The fraction of sp³-hybridized carbons (Fsp3) is 0.462. The van der Waals surface area contributed by atoms with Crippen molar-refractivity contribution in [2.45, 2.75) is 6.54 Å². The van der Waals surface area contributed by atoms with Gasteiger partial charge in [-0.1, -0.05) is 6.07 Å². The summed E-state index contributed by atoms with van der Waals surface area (Å²) < 4.78 is 15.4. The van der Waals surface area contributed by atoms with Gasteiger partial charge in [-0.25, -0.2) is 0 Å². The lowest BCUT2D eigenvalue weighted by molar-refractivity contribution is -0.120. The van der Waals surface area contributed by atoms with Crippen LogP contribution in [0.5, 0.6) is 11.5 Å². The first kappa shape index (κ1) is 13.6. The zero-order valence-electron chi connectivity index (χ0n) is 10.9. The van der Waals surface area contributed by atoms with Crippen molar-refractivity contribution in [1.82, 2.24) is 10.6 Å². The second kappa shape index (κ2) is 6.96. The van der Waals surface area contributed by atoms with Crippen molar-refractivity contribution in [2.24, 2.45) is 0 Å². The van der Waals surface area contributed by atoms with Gasteiger partial charge in [-0.3, -0.25) is 4.79 Å². The first-order valence-electron chi connectivity index (χ1n) is 6.14. The number of nitrogens with one attached hydrogen (secondary N) is 2. The van der Waals surface area contributed by atoms with Crippen LogP contribution >= 0.6 is 0 Å². The van der Waals surface area contributed by atoms with Gasteiger partial charge in [-0.05, 0) is 17.7 Å². The zero-order valence-corrected chi connectivity index (χ0v) is 10.9. The van der Waals surface area contributed by atoms with Crippen LogP contribution in [0, 0.1) is 0 Å². The molecule has 1 aliphatic heterocycles. The van der Waals surface area contributed by atoms with Gasteiger partial charge in [0, 0.05) is 20.2 Å². The molecule has 1 amide bonds. The first-order chi connectivity index (χ1) is 9.29. The molecule has 0 saturated carbocycles. The number of hydrogen-bond acceptors (Lipinski definition) is 5. The Bertz CT molecular complexity index is 437. The SMILES string of the molecule is COCCNC(=O)CNCc1ccc2c(c1)OCO2. The molecule has 1 aliphatic rings. The molecule has 1 aromatic rings. The maximum atomic E-state index is 11.4. The fourth-order valence-corrected chi connectivity index (χ4v) is 1.73. The third kappa shape index (κ3) is 4.11. The van der Waals surface area contributed by atoms with E-state index in [1.807, 2.05) is 18.2 Å². The summed E-state index contributed by atoms with van der Waals surface area (Å²) in [6, 6.07) is 5.74. The average Bonchev–Trinajstić information content (AvgIpc) is 2.86. The van der Waals surface area contributed by atoms with Gasteiger partial charge in [-0.15, -0.1) is 0 Å². The molecule has 2 N–H and O–H groups in total.